The number of aliphatic imine (C=N–C) groups is 1. The van der Waals surface area contributed by atoms with Crippen molar-refractivity contribution >= 4 is 40.3 Å². The topological polar surface area (TPSA) is 102 Å². The average Bonchev–Trinajstić information content (AvgIpc) is 3.13. The highest BCUT2D eigenvalue weighted by Crippen LogP contribution is 2.37. The fourth-order valence-corrected chi connectivity index (χ4v) is 5.16. The van der Waals surface area contributed by atoms with Crippen LogP contribution in [0.2, 0.25) is 0 Å². The normalized spacial score (nSPS) is 21.1. The van der Waals surface area contributed by atoms with E-state index in [1.165, 1.54) is 46.4 Å². The molecule has 0 saturated heterocycles. The molecule has 1 amide bonds. The predicted octanol–water partition coefficient (Wildman–Crippen LogP) is 2.41. The van der Waals surface area contributed by atoms with Gasteiger partial charge in [-0.15, -0.1) is 0 Å². The van der Waals surface area contributed by atoms with Crippen LogP contribution in [-0.2, 0) is 12.1 Å². The number of nitrogens with one attached hydrogen (secondary N) is 1. The van der Waals surface area contributed by atoms with Crippen molar-refractivity contribution in [3.8, 4) is 0 Å². The van der Waals surface area contributed by atoms with Crippen molar-refractivity contribution < 1.29 is 9.18 Å². The van der Waals surface area contributed by atoms with Gasteiger partial charge in [0.2, 0.25) is 0 Å². The molecule has 0 fully saturated rings. The number of amidine groups is 1. The molecular formula is C18H18FN5O2S2. The molecule has 0 saturated carbocycles. The summed E-state index contributed by atoms with van der Waals surface area (Å²) in [7, 11) is 0. The molecule has 10 heteroatoms. The largest absolute Gasteiger partial charge is 0.379 e. The van der Waals surface area contributed by atoms with Gasteiger partial charge in [0.25, 0.3) is 11.5 Å². The number of thioether (sulfide) groups is 2. The molecule has 2 aliphatic heterocycles. The first-order valence-electron chi connectivity index (χ1n) is 8.69. The van der Waals surface area contributed by atoms with E-state index >= 15 is 0 Å². The van der Waals surface area contributed by atoms with E-state index in [1.54, 1.807) is 6.07 Å². The number of benzene rings is 1. The fourth-order valence-electron chi connectivity index (χ4n) is 3.27. The first kappa shape index (κ1) is 19.0. The summed E-state index contributed by atoms with van der Waals surface area (Å²) in [5.41, 5.74) is 5.35. The Morgan fingerprint density at radius 2 is 2.18 bits per heavy atom. The van der Waals surface area contributed by atoms with Crippen molar-refractivity contribution in [1.82, 2.24) is 9.55 Å². The van der Waals surface area contributed by atoms with E-state index in [4.69, 9.17) is 5.73 Å². The van der Waals surface area contributed by atoms with E-state index in [-0.39, 0.29) is 11.1 Å². The molecule has 1 atom stereocenters. The zero-order chi connectivity index (χ0) is 19.9. The number of nitrogens with zero attached hydrogens (tertiary/aromatic N) is 3. The van der Waals surface area contributed by atoms with Crippen LogP contribution >= 0.6 is 23.5 Å². The van der Waals surface area contributed by atoms with E-state index in [0.29, 0.717) is 34.5 Å². The second-order valence-electron chi connectivity index (χ2n) is 6.73. The molecule has 0 aliphatic carbocycles. The molecule has 0 spiro atoms. The third kappa shape index (κ3) is 3.42. The van der Waals surface area contributed by atoms with Crippen LogP contribution in [0.3, 0.4) is 0 Å². The SMILES string of the molecule is CC1(c2cc(NC(=O)c3cnc4n(c3=O)CCS4)ccc2F)CCSC(N)=N1. The van der Waals surface area contributed by atoms with E-state index < -0.39 is 17.3 Å². The number of anilines is 1. The first-order valence-corrected chi connectivity index (χ1v) is 10.7. The maximum absolute atomic E-state index is 14.5. The molecule has 3 heterocycles. The fraction of sp³-hybridized carbons (Fsp3) is 0.333. The van der Waals surface area contributed by atoms with E-state index in [0.717, 1.165) is 11.5 Å². The van der Waals surface area contributed by atoms with E-state index in [9.17, 15) is 14.0 Å². The third-order valence-electron chi connectivity index (χ3n) is 4.80. The van der Waals surface area contributed by atoms with Crippen molar-refractivity contribution in [3.05, 3.63) is 51.7 Å². The van der Waals surface area contributed by atoms with Crippen LogP contribution in [0.25, 0.3) is 0 Å². The molecular weight excluding hydrogens is 401 g/mol. The number of rotatable bonds is 3. The number of hydrogen-bond acceptors (Lipinski definition) is 7. The van der Waals surface area contributed by atoms with Crippen LogP contribution < -0.4 is 16.6 Å². The van der Waals surface area contributed by atoms with Crippen molar-refractivity contribution in [3.63, 3.8) is 0 Å². The number of carbonyl (C=O) groups excluding carboxylic acids is 1. The maximum atomic E-state index is 14.5. The van der Waals surface area contributed by atoms with Gasteiger partial charge in [0, 0.05) is 35.5 Å². The van der Waals surface area contributed by atoms with Gasteiger partial charge in [0.05, 0.1) is 5.54 Å². The summed E-state index contributed by atoms with van der Waals surface area (Å²) in [5.74, 6) is 0.502. The van der Waals surface area contributed by atoms with Crippen molar-refractivity contribution in [2.24, 2.45) is 10.7 Å². The number of fused-ring (bicyclic) bond motifs is 1. The Morgan fingerprint density at radius 1 is 1.36 bits per heavy atom. The highest BCUT2D eigenvalue weighted by atomic mass is 32.2. The minimum atomic E-state index is -0.800. The molecule has 28 heavy (non-hydrogen) atoms. The molecule has 1 aromatic carbocycles. The lowest BCUT2D eigenvalue weighted by Crippen LogP contribution is -2.30. The standard InChI is InChI=1S/C18H18FN5O2S2/c1-18(4-6-27-16(20)23-18)12-8-10(2-3-13(12)19)22-14(25)11-9-21-17-24(15(11)26)5-7-28-17/h2-3,8-9H,4-7H2,1H3,(H2,20,23)(H,22,25). The van der Waals surface area contributed by atoms with Gasteiger partial charge in [-0.3, -0.25) is 19.1 Å². The molecule has 146 valence electrons. The van der Waals surface area contributed by atoms with Crippen LogP contribution in [0.5, 0.6) is 0 Å². The van der Waals surface area contributed by atoms with Gasteiger partial charge in [-0.2, -0.15) is 0 Å². The minimum absolute atomic E-state index is 0.0420. The molecule has 0 radical (unpaired) electrons. The Labute approximate surface area is 169 Å². The van der Waals surface area contributed by atoms with Crippen molar-refractivity contribution in [1.29, 1.82) is 0 Å². The molecule has 2 aliphatic rings. The smallest absolute Gasteiger partial charge is 0.267 e. The zero-order valence-electron chi connectivity index (χ0n) is 15.1. The van der Waals surface area contributed by atoms with Crippen LogP contribution in [0, 0.1) is 5.82 Å². The lowest BCUT2D eigenvalue weighted by Gasteiger charge is -2.30. The van der Waals surface area contributed by atoms with Gasteiger partial charge in [-0.1, -0.05) is 23.5 Å². The molecule has 2 aromatic rings. The molecule has 7 nitrogen and oxygen atoms in total. The second kappa shape index (κ2) is 7.25. The summed E-state index contributed by atoms with van der Waals surface area (Å²) in [4.78, 5) is 33.7. The lowest BCUT2D eigenvalue weighted by molar-refractivity contribution is 0.102. The molecule has 0 bridgehead atoms. The number of nitrogens with two attached hydrogens (primary N) is 1. The third-order valence-corrected chi connectivity index (χ3v) is 6.57. The van der Waals surface area contributed by atoms with E-state index in [1.807, 2.05) is 6.92 Å². The number of amides is 1. The second-order valence-corrected chi connectivity index (χ2v) is 8.91. The summed E-state index contributed by atoms with van der Waals surface area (Å²) < 4.78 is 16.0. The Bertz CT molecular complexity index is 1050. The Hall–Kier alpha value is -2.33. The van der Waals surface area contributed by atoms with Crippen molar-refractivity contribution in [2.45, 2.75) is 30.6 Å². The number of aromatic nitrogens is 2. The zero-order valence-corrected chi connectivity index (χ0v) is 16.7. The summed E-state index contributed by atoms with van der Waals surface area (Å²) in [6, 6.07) is 4.29. The van der Waals surface area contributed by atoms with Crippen molar-refractivity contribution in [2.75, 3.05) is 16.8 Å². The summed E-state index contributed by atoms with van der Waals surface area (Å²) in [5, 5.41) is 3.70. The van der Waals surface area contributed by atoms with Crippen LogP contribution in [-0.4, -0.2) is 32.1 Å². The highest BCUT2D eigenvalue weighted by molar-refractivity contribution is 8.13. The minimum Gasteiger partial charge on any atom is -0.379 e. The highest BCUT2D eigenvalue weighted by Gasteiger charge is 2.32. The van der Waals surface area contributed by atoms with Gasteiger partial charge in [0.1, 0.15) is 11.4 Å². The quantitative estimate of drug-likeness (QED) is 0.741. The monoisotopic (exact) mass is 419 g/mol. The van der Waals surface area contributed by atoms with E-state index in [2.05, 4.69) is 15.3 Å². The van der Waals surface area contributed by atoms with Gasteiger partial charge >= 0.3 is 0 Å². The molecule has 1 aromatic heterocycles. The maximum Gasteiger partial charge on any atom is 0.267 e. The number of halogens is 1. The number of hydrogen-bond donors (Lipinski definition) is 2. The molecule has 1 unspecified atom stereocenters. The van der Waals surface area contributed by atoms with Crippen LogP contribution in [0.4, 0.5) is 10.1 Å². The average molecular weight is 420 g/mol. The molecule has 3 N–H and O–H groups in total. The first-order chi connectivity index (χ1) is 13.4. The Morgan fingerprint density at radius 3 is 2.96 bits per heavy atom. The molecule has 4 rings (SSSR count). The summed E-state index contributed by atoms with van der Waals surface area (Å²) in [6.45, 7) is 2.35. The summed E-state index contributed by atoms with van der Waals surface area (Å²) >= 11 is 2.91. The van der Waals surface area contributed by atoms with Gasteiger partial charge in [-0.25, -0.2) is 9.37 Å². The Kier molecular flexibility index (Phi) is 4.92. The van der Waals surface area contributed by atoms with Crippen LogP contribution in [0.1, 0.15) is 29.3 Å². The van der Waals surface area contributed by atoms with Gasteiger partial charge < -0.3 is 11.1 Å². The predicted molar refractivity (Wildman–Crippen MR) is 110 cm³/mol. The van der Waals surface area contributed by atoms with Gasteiger partial charge in [-0.05, 0) is 31.5 Å². The Balaban J connectivity index is 1.64. The lowest BCUT2D eigenvalue weighted by atomic mass is 9.89. The van der Waals surface area contributed by atoms with Crippen LogP contribution in [0.15, 0.2) is 39.3 Å². The number of carbonyl (C=O) groups is 1. The summed E-state index contributed by atoms with van der Waals surface area (Å²) in [6.07, 6.45) is 1.91. The van der Waals surface area contributed by atoms with Gasteiger partial charge in [0.15, 0.2) is 10.3 Å².